The van der Waals surface area contributed by atoms with E-state index in [-0.39, 0.29) is 23.5 Å². The molecule has 1 saturated carbocycles. The number of hydrogen-bond acceptors (Lipinski definition) is 3. The molecule has 7 heteroatoms. The summed E-state index contributed by atoms with van der Waals surface area (Å²) in [5, 5.41) is 5.48. The topological polar surface area (TPSA) is 75.5 Å². The largest absolute Gasteiger partial charge is 0.347 e. The first-order valence-electron chi connectivity index (χ1n) is 7.97. The molecule has 0 spiro atoms. The molecule has 0 aliphatic heterocycles. The van der Waals surface area contributed by atoms with Gasteiger partial charge in [0.15, 0.2) is 5.69 Å². The SMILES string of the molecule is O=C(Nc1cccc(F)c1)c1nc(C(=O)NC2CC2)n2ccccc12. The molecule has 0 bridgehead atoms. The number of carbonyl (C=O) groups is 2. The Morgan fingerprint density at radius 1 is 1.12 bits per heavy atom. The zero-order chi connectivity index (χ0) is 17.4. The molecule has 2 N–H and O–H groups in total. The van der Waals surface area contributed by atoms with Gasteiger partial charge in [0.25, 0.3) is 11.8 Å². The van der Waals surface area contributed by atoms with Crippen LogP contribution >= 0.6 is 0 Å². The van der Waals surface area contributed by atoms with Crippen molar-refractivity contribution < 1.29 is 14.0 Å². The third kappa shape index (κ3) is 3.08. The molecule has 0 atom stereocenters. The monoisotopic (exact) mass is 338 g/mol. The molecule has 2 aromatic heterocycles. The van der Waals surface area contributed by atoms with Gasteiger partial charge in [-0.1, -0.05) is 12.1 Å². The smallest absolute Gasteiger partial charge is 0.287 e. The van der Waals surface area contributed by atoms with Crippen molar-refractivity contribution >= 4 is 23.0 Å². The van der Waals surface area contributed by atoms with Crippen LogP contribution in [0.15, 0.2) is 48.7 Å². The Bertz CT molecular complexity index is 978. The lowest BCUT2D eigenvalue weighted by Gasteiger charge is -2.03. The van der Waals surface area contributed by atoms with Gasteiger partial charge in [-0.3, -0.25) is 14.0 Å². The highest BCUT2D eigenvalue weighted by Crippen LogP contribution is 2.21. The van der Waals surface area contributed by atoms with Crippen molar-refractivity contribution in [2.45, 2.75) is 18.9 Å². The second-order valence-electron chi connectivity index (χ2n) is 5.95. The number of carbonyl (C=O) groups excluding carboxylic acids is 2. The predicted octanol–water partition coefficient (Wildman–Crippen LogP) is 2.62. The minimum absolute atomic E-state index is 0.116. The Balaban J connectivity index is 1.68. The molecule has 0 radical (unpaired) electrons. The molecule has 4 rings (SSSR count). The molecule has 1 fully saturated rings. The van der Waals surface area contributed by atoms with Gasteiger partial charge in [0.2, 0.25) is 5.82 Å². The number of nitrogens with zero attached hydrogens (tertiary/aromatic N) is 2. The van der Waals surface area contributed by atoms with Crippen LogP contribution in [-0.2, 0) is 0 Å². The molecule has 1 aliphatic rings. The van der Waals surface area contributed by atoms with Gasteiger partial charge >= 0.3 is 0 Å². The van der Waals surface area contributed by atoms with Crippen LogP contribution in [0.5, 0.6) is 0 Å². The summed E-state index contributed by atoms with van der Waals surface area (Å²) < 4.78 is 14.9. The maximum absolute atomic E-state index is 13.3. The second-order valence-corrected chi connectivity index (χ2v) is 5.95. The number of aromatic nitrogens is 2. The molecular weight excluding hydrogens is 323 g/mol. The van der Waals surface area contributed by atoms with Crippen LogP contribution < -0.4 is 10.6 Å². The fourth-order valence-corrected chi connectivity index (χ4v) is 2.60. The van der Waals surface area contributed by atoms with E-state index in [2.05, 4.69) is 15.6 Å². The molecule has 126 valence electrons. The molecule has 2 amide bonds. The number of nitrogens with one attached hydrogen (secondary N) is 2. The molecule has 1 aliphatic carbocycles. The van der Waals surface area contributed by atoms with E-state index in [0.29, 0.717) is 11.2 Å². The molecule has 25 heavy (non-hydrogen) atoms. The third-order valence-electron chi connectivity index (χ3n) is 3.96. The fourth-order valence-electron chi connectivity index (χ4n) is 2.60. The minimum Gasteiger partial charge on any atom is -0.347 e. The first-order valence-corrected chi connectivity index (χ1v) is 7.97. The van der Waals surface area contributed by atoms with Gasteiger partial charge in [0.05, 0.1) is 5.52 Å². The van der Waals surface area contributed by atoms with E-state index in [1.54, 1.807) is 34.9 Å². The van der Waals surface area contributed by atoms with Crippen molar-refractivity contribution in [2.24, 2.45) is 0 Å². The van der Waals surface area contributed by atoms with Gasteiger partial charge in [0.1, 0.15) is 5.82 Å². The summed E-state index contributed by atoms with van der Waals surface area (Å²) in [6, 6.07) is 11.0. The van der Waals surface area contributed by atoms with Crippen molar-refractivity contribution in [3.8, 4) is 0 Å². The van der Waals surface area contributed by atoms with Crippen molar-refractivity contribution in [3.05, 3.63) is 66.0 Å². The van der Waals surface area contributed by atoms with E-state index < -0.39 is 11.7 Å². The van der Waals surface area contributed by atoms with E-state index in [1.807, 2.05) is 0 Å². The highest BCUT2D eigenvalue weighted by molar-refractivity contribution is 6.08. The highest BCUT2D eigenvalue weighted by atomic mass is 19.1. The van der Waals surface area contributed by atoms with Crippen molar-refractivity contribution in [3.63, 3.8) is 0 Å². The number of imidazole rings is 1. The maximum atomic E-state index is 13.3. The summed E-state index contributed by atoms with van der Waals surface area (Å²) in [5.74, 6) is -1.10. The van der Waals surface area contributed by atoms with Gasteiger partial charge in [-0.2, -0.15) is 0 Å². The zero-order valence-electron chi connectivity index (χ0n) is 13.2. The first kappa shape index (κ1) is 15.3. The Morgan fingerprint density at radius 2 is 1.96 bits per heavy atom. The van der Waals surface area contributed by atoms with Crippen molar-refractivity contribution in [2.75, 3.05) is 5.32 Å². The van der Waals surface area contributed by atoms with Gasteiger partial charge in [-0.05, 0) is 43.2 Å². The number of benzene rings is 1. The Kier molecular flexibility index (Phi) is 3.68. The standard InChI is InChI=1S/C18H15FN4O2/c19-11-4-3-5-13(10-11)21-17(24)15-14-6-1-2-9-23(14)16(22-15)18(25)20-12-7-8-12/h1-6,9-10,12H,7-8H2,(H,20,25)(H,21,24). The van der Waals surface area contributed by atoms with Gasteiger partial charge in [-0.15, -0.1) is 0 Å². The number of pyridine rings is 1. The number of hydrogen-bond donors (Lipinski definition) is 2. The maximum Gasteiger partial charge on any atom is 0.287 e. The lowest BCUT2D eigenvalue weighted by molar-refractivity contribution is 0.0940. The summed E-state index contributed by atoms with van der Waals surface area (Å²) in [5.41, 5.74) is 0.953. The van der Waals surface area contributed by atoms with E-state index in [4.69, 9.17) is 0 Å². The van der Waals surface area contributed by atoms with E-state index in [1.165, 1.54) is 18.2 Å². The van der Waals surface area contributed by atoms with Gasteiger partial charge in [0, 0.05) is 17.9 Å². The number of halogens is 1. The Hall–Kier alpha value is -3.22. The molecular formula is C18H15FN4O2. The summed E-state index contributed by atoms with van der Waals surface area (Å²) >= 11 is 0. The average molecular weight is 338 g/mol. The highest BCUT2D eigenvalue weighted by Gasteiger charge is 2.27. The molecule has 1 aromatic carbocycles. The van der Waals surface area contributed by atoms with Crippen LogP contribution in [0.25, 0.3) is 5.52 Å². The first-order chi connectivity index (χ1) is 12.1. The number of fused-ring (bicyclic) bond motifs is 1. The summed E-state index contributed by atoms with van der Waals surface area (Å²) in [6.07, 6.45) is 3.60. The Labute approximate surface area is 142 Å². The van der Waals surface area contributed by atoms with Gasteiger partial charge in [-0.25, -0.2) is 9.37 Å². The number of rotatable bonds is 4. The van der Waals surface area contributed by atoms with E-state index in [9.17, 15) is 14.0 Å². The van der Waals surface area contributed by atoms with E-state index in [0.717, 1.165) is 12.8 Å². The van der Waals surface area contributed by atoms with Crippen LogP contribution in [0.4, 0.5) is 10.1 Å². The molecule has 2 heterocycles. The minimum atomic E-state index is -0.500. The average Bonchev–Trinajstić information content (AvgIpc) is 3.32. The van der Waals surface area contributed by atoms with Crippen LogP contribution in [0, 0.1) is 5.82 Å². The second kappa shape index (κ2) is 6.01. The Morgan fingerprint density at radius 3 is 2.72 bits per heavy atom. The van der Waals surface area contributed by atoms with Crippen LogP contribution in [0.1, 0.15) is 33.9 Å². The fraction of sp³-hybridized carbons (Fsp3) is 0.167. The molecule has 3 aromatic rings. The third-order valence-corrected chi connectivity index (χ3v) is 3.96. The summed E-state index contributed by atoms with van der Waals surface area (Å²) in [4.78, 5) is 29.2. The van der Waals surface area contributed by atoms with Crippen LogP contribution in [0.2, 0.25) is 0 Å². The summed E-state index contributed by atoms with van der Waals surface area (Å²) in [6.45, 7) is 0. The van der Waals surface area contributed by atoms with Crippen LogP contribution in [0.3, 0.4) is 0 Å². The zero-order valence-corrected chi connectivity index (χ0v) is 13.2. The molecule has 6 nitrogen and oxygen atoms in total. The van der Waals surface area contributed by atoms with Crippen LogP contribution in [-0.4, -0.2) is 27.2 Å². The molecule has 0 saturated heterocycles. The predicted molar refractivity (Wildman–Crippen MR) is 90.0 cm³/mol. The molecule has 0 unspecified atom stereocenters. The number of amides is 2. The lowest BCUT2D eigenvalue weighted by Crippen LogP contribution is -2.27. The van der Waals surface area contributed by atoms with Gasteiger partial charge < -0.3 is 10.6 Å². The van der Waals surface area contributed by atoms with Crippen molar-refractivity contribution in [1.82, 2.24) is 14.7 Å². The van der Waals surface area contributed by atoms with E-state index >= 15 is 0 Å². The number of anilines is 1. The quantitative estimate of drug-likeness (QED) is 0.768. The van der Waals surface area contributed by atoms with Crippen molar-refractivity contribution in [1.29, 1.82) is 0 Å². The lowest BCUT2D eigenvalue weighted by atomic mass is 10.2. The normalized spacial score (nSPS) is 13.6. The summed E-state index contributed by atoms with van der Waals surface area (Å²) in [7, 11) is 0.